The number of hydrogen-bond acceptors (Lipinski definition) is 6. The number of nitrogens with zero attached hydrogens (tertiary/aromatic N) is 1. The lowest BCUT2D eigenvalue weighted by Crippen LogP contribution is -2.36. The van der Waals surface area contributed by atoms with Crippen LogP contribution in [-0.4, -0.2) is 41.7 Å². The smallest absolute Gasteiger partial charge is 0.294 e. The molecule has 0 bridgehead atoms. The van der Waals surface area contributed by atoms with Gasteiger partial charge in [-0.2, -0.15) is 0 Å². The Balaban J connectivity index is 1.62. The van der Waals surface area contributed by atoms with Crippen LogP contribution in [0.3, 0.4) is 0 Å². The van der Waals surface area contributed by atoms with Crippen molar-refractivity contribution in [3.8, 4) is 11.5 Å². The SMILES string of the molecule is CC[C@@H](C)Oc1ccc(/C=C2\SC(=O)N(CC(=O)Nc3ccc(OC)cc3)C2=O)cc1. The van der Waals surface area contributed by atoms with Crippen LogP contribution < -0.4 is 14.8 Å². The van der Waals surface area contributed by atoms with Gasteiger partial charge < -0.3 is 14.8 Å². The van der Waals surface area contributed by atoms with E-state index in [1.165, 1.54) is 0 Å². The van der Waals surface area contributed by atoms with Crippen molar-refractivity contribution in [1.29, 1.82) is 0 Å². The molecule has 7 nitrogen and oxygen atoms in total. The van der Waals surface area contributed by atoms with Crippen molar-refractivity contribution in [2.75, 3.05) is 19.0 Å². The van der Waals surface area contributed by atoms with Crippen molar-refractivity contribution in [3.05, 3.63) is 59.0 Å². The monoisotopic (exact) mass is 440 g/mol. The molecular weight excluding hydrogens is 416 g/mol. The second-order valence-corrected chi connectivity index (χ2v) is 7.94. The number of thioether (sulfide) groups is 1. The topological polar surface area (TPSA) is 84.9 Å². The van der Waals surface area contributed by atoms with Crippen LogP contribution in [0.15, 0.2) is 53.4 Å². The Kier molecular flexibility index (Phi) is 7.36. The van der Waals surface area contributed by atoms with Crippen LogP contribution in [0.25, 0.3) is 6.08 Å². The molecule has 3 amide bonds. The Labute approximate surface area is 185 Å². The van der Waals surface area contributed by atoms with Crippen LogP contribution in [0.1, 0.15) is 25.8 Å². The Hall–Kier alpha value is -3.26. The molecule has 0 radical (unpaired) electrons. The number of nitrogens with one attached hydrogen (secondary N) is 1. The normalized spacial score (nSPS) is 15.8. The first-order valence-corrected chi connectivity index (χ1v) is 10.7. The number of methoxy groups -OCH3 is 1. The van der Waals surface area contributed by atoms with Gasteiger partial charge in [-0.25, -0.2) is 0 Å². The van der Waals surface area contributed by atoms with Crippen LogP contribution in [0.2, 0.25) is 0 Å². The highest BCUT2D eigenvalue weighted by Gasteiger charge is 2.36. The first-order chi connectivity index (χ1) is 14.9. The number of ether oxygens (including phenoxy) is 2. The fraction of sp³-hybridized carbons (Fsp3) is 0.261. The summed E-state index contributed by atoms with van der Waals surface area (Å²) in [6.45, 7) is 3.69. The van der Waals surface area contributed by atoms with Gasteiger partial charge in [0.2, 0.25) is 5.91 Å². The van der Waals surface area contributed by atoms with E-state index in [0.717, 1.165) is 34.4 Å². The summed E-state index contributed by atoms with van der Waals surface area (Å²) < 4.78 is 10.8. The molecule has 1 fully saturated rings. The minimum atomic E-state index is -0.486. The number of carbonyl (C=O) groups excluding carboxylic acids is 3. The zero-order valence-electron chi connectivity index (χ0n) is 17.6. The molecule has 0 spiro atoms. The summed E-state index contributed by atoms with van der Waals surface area (Å²) in [5, 5.41) is 2.19. The standard InChI is InChI=1S/C23H24N2O5S/c1-4-15(2)30-19-9-5-16(6-10-19)13-20-22(27)25(23(28)31-20)14-21(26)24-17-7-11-18(29-3)12-8-17/h5-13,15H,4,14H2,1-3H3,(H,24,26)/b20-13-/t15-/m1/s1. The third kappa shape index (κ3) is 5.88. The summed E-state index contributed by atoms with van der Waals surface area (Å²) in [5.74, 6) is 0.462. The van der Waals surface area contributed by atoms with E-state index in [1.807, 2.05) is 38.1 Å². The number of benzene rings is 2. The highest BCUT2D eigenvalue weighted by Crippen LogP contribution is 2.32. The Morgan fingerprint density at radius 2 is 1.74 bits per heavy atom. The predicted molar refractivity (Wildman–Crippen MR) is 121 cm³/mol. The molecule has 1 atom stereocenters. The predicted octanol–water partition coefficient (Wildman–Crippen LogP) is 4.55. The summed E-state index contributed by atoms with van der Waals surface area (Å²) in [4.78, 5) is 38.4. The van der Waals surface area contributed by atoms with E-state index >= 15 is 0 Å². The van der Waals surface area contributed by atoms with E-state index in [0.29, 0.717) is 11.4 Å². The number of imide groups is 1. The lowest BCUT2D eigenvalue weighted by molar-refractivity contribution is -0.127. The van der Waals surface area contributed by atoms with Crippen LogP contribution in [0, 0.1) is 0 Å². The number of rotatable bonds is 8. The highest BCUT2D eigenvalue weighted by atomic mass is 32.2. The van der Waals surface area contributed by atoms with Crippen LogP contribution >= 0.6 is 11.8 Å². The average molecular weight is 441 g/mol. The maximum Gasteiger partial charge on any atom is 0.294 e. The number of amides is 3. The fourth-order valence-corrected chi connectivity index (χ4v) is 3.60. The summed E-state index contributed by atoms with van der Waals surface area (Å²) in [5.41, 5.74) is 1.32. The van der Waals surface area contributed by atoms with E-state index in [9.17, 15) is 14.4 Å². The van der Waals surface area contributed by atoms with E-state index in [-0.39, 0.29) is 17.6 Å². The van der Waals surface area contributed by atoms with Gasteiger partial charge >= 0.3 is 0 Å². The van der Waals surface area contributed by atoms with Crippen molar-refractivity contribution in [3.63, 3.8) is 0 Å². The van der Waals surface area contributed by atoms with Crippen LogP contribution in [-0.2, 0) is 9.59 Å². The summed E-state index contributed by atoms with van der Waals surface area (Å²) in [6, 6.07) is 14.1. The molecule has 1 N–H and O–H groups in total. The molecule has 1 heterocycles. The zero-order chi connectivity index (χ0) is 22.4. The second-order valence-electron chi connectivity index (χ2n) is 6.95. The van der Waals surface area contributed by atoms with Gasteiger partial charge in [0.15, 0.2) is 0 Å². The molecule has 1 aliphatic rings. The lowest BCUT2D eigenvalue weighted by atomic mass is 10.2. The van der Waals surface area contributed by atoms with Crippen molar-refractivity contribution in [1.82, 2.24) is 4.90 Å². The van der Waals surface area contributed by atoms with Gasteiger partial charge in [0.05, 0.1) is 18.1 Å². The van der Waals surface area contributed by atoms with Crippen molar-refractivity contribution in [2.24, 2.45) is 0 Å². The molecule has 3 rings (SSSR count). The molecule has 2 aromatic rings. The molecule has 0 saturated carbocycles. The van der Waals surface area contributed by atoms with E-state index < -0.39 is 17.1 Å². The molecule has 1 aliphatic heterocycles. The maximum atomic E-state index is 12.6. The van der Waals surface area contributed by atoms with Gasteiger partial charge in [0.1, 0.15) is 18.0 Å². The summed E-state index contributed by atoms with van der Waals surface area (Å²) in [7, 11) is 1.55. The van der Waals surface area contributed by atoms with Crippen LogP contribution in [0.4, 0.5) is 10.5 Å². The van der Waals surface area contributed by atoms with Gasteiger partial charge in [0.25, 0.3) is 11.1 Å². The minimum Gasteiger partial charge on any atom is -0.497 e. The molecule has 31 heavy (non-hydrogen) atoms. The van der Waals surface area contributed by atoms with E-state index in [1.54, 1.807) is 37.5 Å². The van der Waals surface area contributed by atoms with Crippen molar-refractivity contribution in [2.45, 2.75) is 26.4 Å². The molecule has 1 saturated heterocycles. The van der Waals surface area contributed by atoms with Gasteiger partial charge in [-0.15, -0.1) is 0 Å². The fourth-order valence-electron chi connectivity index (χ4n) is 2.76. The van der Waals surface area contributed by atoms with Gasteiger partial charge in [0, 0.05) is 5.69 Å². The third-order valence-electron chi connectivity index (χ3n) is 4.64. The highest BCUT2D eigenvalue weighted by molar-refractivity contribution is 8.18. The molecule has 0 aromatic heterocycles. The second kappa shape index (κ2) is 10.2. The quantitative estimate of drug-likeness (QED) is 0.607. The van der Waals surface area contributed by atoms with Crippen molar-refractivity contribution >= 4 is 40.6 Å². The Morgan fingerprint density at radius 3 is 2.35 bits per heavy atom. The lowest BCUT2D eigenvalue weighted by Gasteiger charge is -2.13. The molecular formula is C23H24N2O5S. The molecule has 8 heteroatoms. The summed E-state index contributed by atoms with van der Waals surface area (Å²) in [6.07, 6.45) is 2.66. The number of carbonyl (C=O) groups is 3. The summed E-state index contributed by atoms with van der Waals surface area (Å²) >= 11 is 0.819. The third-order valence-corrected chi connectivity index (χ3v) is 5.55. The van der Waals surface area contributed by atoms with E-state index in [4.69, 9.17) is 9.47 Å². The first-order valence-electron chi connectivity index (χ1n) is 9.85. The largest absolute Gasteiger partial charge is 0.497 e. The van der Waals surface area contributed by atoms with Crippen molar-refractivity contribution < 1.29 is 23.9 Å². The van der Waals surface area contributed by atoms with Gasteiger partial charge in [-0.1, -0.05) is 19.1 Å². The zero-order valence-corrected chi connectivity index (χ0v) is 18.4. The number of anilines is 1. The van der Waals surface area contributed by atoms with Crippen LogP contribution in [0.5, 0.6) is 11.5 Å². The molecule has 0 aliphatic carbocycles. The molecule has 162 valence electrons. The van der Waals surface area contributed by atoms with Gasteiger partial charge in [-0.3, -0.25) is 19.3 Å². The minimum absolute atomic E-state index is 0.117. The van der Waals surface area contributed by atoms with E-state index in [2.05, 4.69) is 5.32 Å². The molecule has 2 aromatic carbocycles. The Morgan fingerprint density at radius 1 is 1.10 bits per heavy atom. The maximum absolute atomic E-state index is 12.6. The average Bonchev–Trinajstić information content (AvgIpc) is 3.02. The number of hydrogen-bond donors (Lipinski definition) is 1. The Bertz CT molecular complexity index is 986. The first kappa shape index (κ1) is 22.4. The molecule has 0 unspecified atom stereocenters. The van der Waals surface area contributed by atoms with Gasteiger partial charge in [-0.05, 0) is 73.1 Å².